The Morgan fingerprint density at radius 3 is 2.93 bits per heavy atom. The van der Waals surface area contributed by atoms with Gasteiger partial charge in [0.2, 0.25) is 0 Å². The van der Waals surface area contributed by atoms with Crippen molar-refractivity contribution in [3.8, 4) is 6.07 Å². The third kappa shape index (κ3) is 2.44. The van der Waals surface area contributed by atoms with Crippen LogP contribution in [0.15, 0.2) is 30.7 Å². The van der Waals surface area contributed by atoms with E-state index in [1.54, 1.807) is 23.5 Å². The topological polar surface area (TPSA) is 82.2 Å². The number of hydrazine groups is 1. The van der Waals surface area contributed by atoms with Crippen molar-refractivity contribution in [3.05, 3.63) is 42.0 Å². The summed E-state index contributed by atoms with van der Waals surface area (Å²) in [5, 5.41) is 12.0. The van der Waals surface area contributed by atoms with Crippen molar-refractivity contribution < 1.29 is 4.84 Å². The van der Waals surface area contributed by atoms with Crippen LogP contribution in [0.3, 0.4) is 0 Å². The quantitative estimate of drug-likeness (QED) is 0.750. The molecular weight excluding hydrogens is 342 g/mol. The van der Waals surface area contributed by atoms with E-state index in [0.717, 1.165) is 47.3 Å². The van der Waals surface area contributed by atoms with Crippen molar-refractivity contribution in [2.45, 2.75) is 19.4 Å². The monoisotopic (exact) mass is 361 g/mol. The van der Waals surface area contributed by atoms with Gasteiger partial charge in [0.25, 0.3) is 0 Å². The minimum atomic E-state index is 0.350. The Balaban J connectivity index is 1.85. The minimum absolute atomic E-state index is 0.350. The van der Waals surface area contributed by atoms with E-state index in [2.05, 4.69) is 28.2 Å². The first-order chi connectivity index (χ1) is 13.2. The van der Waals surface area contributed by atoms with Gasteiger partial charge in [0.1, 0.15) is 17.6 Å². The lowest BCUT2D eigenvalue weighted by Gasteiger charge is -2.18. The lowest BCUT2D eigenvalue weighted by molar-refractivity contribution is 0.158. The van der Waals surface area contributed by atoms with Crippen molar-refractivity contribution in [1.82, 2.24) is 25.0 Å². The van der Waals surface area contributed by atoms with Gasteiger partial charge in [-0.3, -0.25) is 0 Å². The summed E-state index contributed by atoms with van der Waals surface area (Å²) in [5.74, 6) is 1.64. The first-order valence-electron chi connectivity index (χ1n) is 8.94. The van der Waals surface area contributed by atoms with Crippen LogP contribution in [0.2, 0.25) is 0 Å². The van der Waals surface area contributed by atoms with Crippen molar-refractivity contribution in [2.24, 2.45) is 0 Å². The second kappa shape index (κ2) is 5.94. The molecule has 0 aliphatic carbocycles. The number of likely N-dealkylation sites (tertiary alicyclic amines) is 1. The van der Waals surface area contributed by atoms with Crippen LogP contribution in [0.5, 0.6) is 0 Å². The normalized spacial score (nSPS) is 19.9. The van der Waals surface area contributed by atoms with Gasteiger partial charge in [0, 0.05) is 18.0 Å². The fraction of sp³-hybridized carbons (Fsp3) is 0.316. The largest absolute Gasteiger partial charge is 0.395 e. The van der Waals surface area contributed by atoms with E-state index in [1.165, 1.54) is 0 Å². The number of benzene rings is 1. The standard InChI is InChI=1S/C19H19N7O/c1-12-21-17-18(26(12)14-5-6-24(2)11-14)15-9-13(10-20)3-4-16(15)22-19(17)25-7-8-27-23-25/h3-4,7-9,14,23H,5-6,11H2,1-2H3/t14-/m1/s1. The van der Waals surface area contributed by atoms with Gasteiger partial charge in [-0.2, -0.15) is 5.26 Å². The third-order valence-electron chi connectivity index (χ3n) is 5.30. The highest BCUT2D eigenvalue weighted by Gasteiger charge is 2.28. The van der Waals surface area contributed by atoms with Gasteiger partial charge in [-0.15, -0.1) is 0 Å². The maximum Gasteiger partial charge on any atom is 0.178 e. The Kier molecular flexibility index (Phi) is 3.53. The number of nitriles is 1. The molecule has 0 radical (unpaired) electrons. The number of imidazole rings is 1. The van der Waals surface area contributed by atoms with E-state index in [9.17, 15) is 5.26 Å². The van der Waals surface area contributed by atoms with Gasteiger partial charge in [0.15, 0.2) is 5.82 Å². The number of hydrogen-bond acceptors (Lipinski definition) is 7. The average molecular weight is 361 g/mol. The summed E-state index contributed by atoms with van der Waals surface area (Å²) in [6.07, 6.45) is 4.41. The summed E-state index contributed by atoms with van der Waals surface area (Å²) in [4.78, 5) is 17.1. The zero-order valence-corrected chi connectivity index (χ0v) is 15.2. The molecule has 8 heteroatoms. The summed E-state index contributed by atoms with van der Waals surface area (Å²) in [6.45, 7) is 4.08. The molecule has 1 atom stereocenters. The summed E-state index contributed by atoms with van der Waals surface area (Å²) < 4.78 is 2.31. The highest BCUT2D eigenvalue weighted by molar-refractivity contribution is 6.07. The molecule has 1 N–H and O–H groups in total. The summed E-state index contributed by atoms with van der Waals surface area (Å²) in [5.41, 5.74) is 6.07. The number of fused-ring (bicyclic) bond motifs is 3. The number of hydrogen-bond donors (Lipinski definition) is 1. The minimum Gasteiger partial charge on any atom is -0.395 e. The van der Waals surface area contributed by atoms with Crippen LogP contribution >= 0.6 is 0 Å². The van der Waals surface area contributed by atoms with Crippen molar-refractivity contribution in [1.29, 1.82) is 5.26 Å². The summed E-state index contributed by atoms with van der Waals surface area (Å²) in [6, 6.07) is 8.19. The molecule has 4 heterocycles. The number of aromatic nitrogens is 3. The number of nitrogens with zero attached hydrogens (tertiary/aromatic N) is 6. The highest BCUT2D eigenvalue weighted by atomic mass is 16.7. The molecule has 8 nitrogen and oxygen atoms in total. The van der Waals surface area contributed by atoms with E-state index >= 15 is 0 Å². The molecule has 0 bridgehead atoms. The molecule has 1 saturated heterocycles. The number of aryl methyl sites for hydroxylation is 1. The molecule has 3 aromatic rings. The second-order valence-corrected chi connectivity index (χ2v) is 7.07. The summed E-state index contributed by atoms with van der Waals surface area (Å²) in [7, 11) is 2.14. The summed E-state index contributed by atoms with van der Waals surface area (Å²) >= 11 is 0. The smallest absolute Gasteiger partial charge is 0.178 e. The number of nitrogens with one attached hydrogen (secondary N) is 1. The van der Waals surface area contributed by atoms with Crippen LogP contribution < -0.4 is 10.6 Å². The van der Waals surface area contributed by atoms with Gasteiger partial charge >= 0.3 is 0 Å². The van der Waals surface area contributed by atoms with Crippen molar-refractivity contribution >= 4 is 27.8 Å². The van der Waals surface area contributed by atoms with Crippen LogP contribution in [0, 0.1) is 18.3 Å². The highest BCUT2D eigenvalue weighted by Crippen LogP contribution is 2.36. The average Bonchev–Trinajstić information content (AvgIpc) is 3.40. The van der Waals surface area contributed by atoms with Crippen LogP contribution in [0.25, 0.3) is 21.9 Å². The molecule has 0 spiro atoms. The zero-order chi connectivity index (χ0) is 18.5. The number of pyridine rings is 1. The third-order valence-corrected chi connectivity index (χ3v) is 5.30. The fourth-order valence-electron chi connectivity index (χ4n) is 4.08. The lowest BCUT2D eigenvalue weighted by Crippen LogP contribution is -2.28. The SMILES string of the molecule is Cc1nc2c(N3C=CON3)nc3ccc(C#N)cc3c2n1[C@@H]1CCN(C)C1. The number of rotatable bonds is 2. The molecule has 2 aliphatic rings. The number of anilines is 1. The molecule has 0 amide bonds. The second-order valence-electron chi connectivity index (χ2n) is 7.07. The Morgan fingerprint density at radius 2 is 2.22 bits per heavy atom. The Bertz CT molecular complexity index is 1130. The van der Waals surface area contributed by atoms with Gasteiger partial charge in [-0.25, -0.2) is 15.0 Å². The van der Waals surface area contributed by atoms with Crippen LogP contribution in [0.1, 0.15) is 23.9 Å². The molecule has 1 aromatic carbocycles. The Hall–Kier alpha value is -3.15. The first-order valence-corrected chi connectivity index (χ1v) is 8.94. The zero-order valence-electron chi connectivity index (χ0n) is 15.2. The molecular formula is C19H19N7O. The maximum atomic E-state index is 9.37. The predicted molar refractivity (Wildman–Crippen MR) is 101 cm³/mol. The van der Waals surface area contributed by atoms with Gasteiger partial charge < -0.3 is 14.3 Å². The van der Waals surface area contributed by atoms with Crippen molar-refractivity contribution in [2.75, 3.05) is 25.1 Å². The Labute approximate surface area is 156 Å². The van der Waals surface area contributed by atoms with E-state index in [1.807, 2.05) is 19.1 Å². The van der Waals surface area contributed by atoms with Crippen LogP contribution in [-0.2, 0) is 4.84 Å². The van der Waals surface area contributed by atoms with Crippen LogP contribution in [0.4, 0.5) is 5.82 Å². The molecule has 2 aromatic heterocycles. The predicted octanol–water partition coefficient (Wildman–Crippen LogP) is 2.37. The van der Waals surface area contributed by atoms with Gasteiger partial charge in [-0.1, -0.05) is 5.59 Å². The lowest BCUT2D eigenvalue weighted by atomic mass is 10.1. The van der Waals surface area contributed by atoms with E-state index in [0.29, 0.717) is 17.4 Å². The Morgan fingerprint density at radius 1 is 1.33 bits per heavy atom. The van der Waals surface area contributed by atoms with E-state index < -0.39 is 0 Å². The molecule has 2 aliphatic heterocycles. The van der Waals surface area contributed by atoms with Gasteiger partial charge in [-0.05, 0) is 45.1 Å². The van der Waals surface area contributed by atoms with E-state index in [-0.39, 0.29) is 0 Å². The van der Waals surface area contributed by atoms with E-state index in [4.69, 9.17) is 14.8 Å². The molecule has 1 fully saturated rings. The number of likely N-dealkylation sites (N-methyl/N-ethyl adjacent to an activating group) is 1. The fourth-order valence-corrected chi connectivity index (χ4v) is 4.08. The molecule has 0 saturated carbocycles. The van der Waals surface area contributed by atoms with Crippen LogP contribution in [-0.4, -0.2) is 39.6 Å². The van der Waals surface area contributed by atoms with Crippen molar-refractivity contribution in [3.63, 3.8) is 0 Å². The molecule has 0 unspecified atom stereocenters. The first kappa shape index (κ1) is 16.1. The molecule has 27 heavy (non-hydrogen) atoms. The molecule has 136 valence electrons. The maximum absolute atomic E-state index is 9.37. The van der Waals surface area contributed by atoms with Gasteiger partial charge in [0.05, 0.1) is 28.9 Å². The molecule has 5 rings (SSSR count).